The number of nitrogens with zero attached hydrogens (tertiary/aromatic N) is 1. The highest BCUT2D eigenvalue weighted by atomic mass is 16.5. The van der Waals surface area contributed by atoms with Crippen molar-refractivity contribution in [1.82, 2.24) is 4.98 Å². The lowest BCUT2D eigenvalue weighted by Crippen LogP contribution is -2.17. The second-order valence-corrected chi connectivity index (χ2v) is 3.61. The Hall–Kier alpha value is -1.95. The Bertz CT molecular complexity index is 434. The quantitative estimate of drug-likeness (QED) is 0.780. The second-order valence-electron chi connectivity index (χ2n) is 3.61. The number of carbonyl (C=O) groups is 2. The number of hydrogen-bond donors (Lipinski definition) is 1. The Morgan fingerprint density at radius 3 is 2.78 bits per heavy atom. The predicted octanol–water partition coefficient (Wildman–Crippen LogP) is 0.821. The van der Waals surface area contributed by atoms with E-state index < -0.39 is 18.0 Å². The van der Waals surface area contributed by atoms with Crippen LogP contribution in [0, 0.1) is 0 Å². The van der Waals surface area contributed by atoms with Gasteiger partial charge in [-0.1, -0.05) is 0 Å². The van der Waals surface area contributed by atoms with Gasteiger partial charge in [0, 0.05) is 18.4 Å². The molecule has 6 nitrogen and oxygen atoms in total. The third-order valence-corrected chi connectivity index (χ3v) is 2.31. The first-order valence-electron chi connectivity index (χ1n) is 5.53. The Kier molecular flexibility index (Phi) is 5.26. The molecule has 0 aliphatic heterocycles. The molecule has 1 atom stereocenters. The average Bonchev–Trinajstić information content (AvgIpc) is 2.39. The van der Waals surface area contributed by atoms with Gasteiger partial charge in [0.15, 0.2) is 0 Å². The van der Waals surface area contributed by atoms with Crippen molar-refractivity contribution < 1.29 is 19.1 Å². The van der Waals surface area contributed by atoms with Gasteiger partial charge < -0.3 is 15.2 Å². The number of ether oxygens (including phenoxy) is 2. The van der Waals surface area contributed by atoms with Crippen LogP contribution in [0.5, 0.6) is 0 Å². The van der Waals surface area contributed by atoms with Crippen LogP contribution >= 0.6 is 0 Å². The zero-order valence-corrected chi connectivity index (χ0v) is 10.4. The minimum Gasteiger partial charge on any atom is -0.469 e. The van der Waals surface area contributed by atoms with Crippen LogP contribution in [0.4, 0.5) is 0 Å². The number of carbonyl (C=O) groups excluding carboxylic acids is 2. The van der Waals surface area contributed by atoms with Gasteiger partial charge in [0.2, 0.25) is 0 Å². The fourth-order valence-corrected chi connectivity index (χ4v) is 1.37. The van der Waals surface area contributed by atoms with Crippen molar-refractivity contribution in [2.24, 2.45) is 5.73 Å². The Morgan fingerprint density at radius 1 is 1.44 bits per heavy atom. The molecule has 0 saturated carbocycles. The summed E-state index contributed by atoms with van der Waals surface area (Å²) in [6.45, 7) is 2.01. The highest BCUT2D eigenvalue weighted by Crippen LogP contribution is 2.15. The molecule has 1 aromatic rings. The van der Waals surface area contributed by atoms with E-state index in [-0.39, 0.29) is 13.0 Å². The van der Waals surface area contributed by atoms with Crippen LogP contribution in [0.15, 0.2) is 18.5 Å². The first kappa shape index (κ1) is 14.1. The van der Waals surface area contributed by atoms with Gasteiger partial charge in [-0.05, 0) is 18.6 Å². The van der Waals surface area contributed by atoms with Crippen molar-refractivity contribution in [3.8, 4) is 0 Å². The molecular weight excluding hydrogens is 236 g/mol. The van der Waals surface area contributed by atoms with Crippen LogP contribution in [0.1, 0.15) is 35.3 Å². The molecule has 0 saturated heterocycles. The SMILES string of the molecule is CCOC(=O)c1cncc([C@H](N)CC(=O)OC)c1. The molecule has 0 radical (unpaired) electrons. The van der Waals surface area contributed by atoms with Gasteiger partial charge in [-0.2, -0.15) is 0 Å². The molecule has 1 heterocycles. The third kappa shape index (κ3) is 3.81. The van der Waals surface area contributed by atoms with E-state index in [2.05, 4.69) is 9.72 Å². The second kappa shape index (κ2) is 6.70. The summed E-state index contributed by atoms with van der Waals surface area (Å²) in [7, 11) is 1.29. The van der Waals surface area contributed by atoms with E-state index in [1.807, 2.05) is 0 Å². The summed E-state index contributed by atoms with van der Waals surface area (Å²) in [6.07, 6.45) is 2.94. The lowest BCUT2D eigenvalue weighted by molar-refractivity contribution is -0.141. The van der Waals surface area contributed by atoms with E-state index in [0.29, 0.717) is 11.1 Å². The maximum atomic E-state index is 11.5. The number of nitrogens with two attached hydrogens (primary N) is 1. The smallest absolute Gasteiger partial charge is 0.339 e. The molecule has 0 bridgehead atoms. The fraction of sp³-hybridized carbons (Fsp3) is 0.417. The first-order chi connectivity index (χ1) is 8.58. The van der Waals surface area contributed by atoms with Crippen LogP contribution in [-0.2, 0) is 14.3 Å². The van der Waals surface area contributed by atoms with Crippen LogP contribution in [0.2, 0.25) is 0 Å². The van der Waals surface area contributed by atoms with Crippen molar-refractivity contribution in [3.63, 3.8) is 0 Å². The van der Waals surface area contributed by atoms with Crippen molar-refractivity contribution in [1.29, 1.82) is 0 Å². The average molecular weight is 252 g/mol. The normalized spacial score (nSPS) is 11.7. The number of hydrogen-bond acceptors (Lipinski definition) is 6. The zero-order valence-electron chi connectivity index (χ0n) is 10.4. The van der Waals surface area contributed by atoms with Crippen molar-refractivity contribution in [3.05, 3.63) is 29.6 Å². The highest BCUT2D eigenvalue weighted by Gasteiger charge is 2.15. The summed E-state index contributed by atoms with van der Waals surface area (Å²) in [5.74, 6) is -0.874. The van der Waals surface area contributed by atoms with Gasteiger partial charge in [-0.3, -0.25) is 9.78 Å². The van der Waals surface area contributed by atoms with Crippen LogP contribution in [-0.4, -0.2) is 30.6 Å². The van der Waals surface area contributed by atoms with E-state index in [1.165, 1.54) is 19.5 Å². The Morgan fingerprint density at radius 2 is 2.17 bits per heavy atom. The van der Waals surface area contributed by atoms with Crippen molar-refractivity contribution in [2.45, 2.75) is 19.4 Å². The predicted molar refractivity (Wildman–Crippen MR) is 63.8 cm³/mol. The number of rotatable bonds is 5. The van der Waals surface area contributed by atoms with Gasteiger partial charge in [0.05, 0.1) is 25.7 Å². The molecule has 18 heavy (non-hydrogen) atoms. The van der Waals surface area contributed by atoms with Gasteiger partial charge >= 0.3 is 11.9 Å². The molecular formula is C12H16N2O4. The van der Waals surface area contributed by atoms with Crippen LogP contribution in [0.25, 0.3) is 0 Å². The fourth-order valence-electron chi connectivity index (χ4n) is 1.37. The number of methoxy groups -OCH3 is 1. The minimum atomic E-state index is -0.556. The molecule has 0 amide bonds. The van der Waals surface area contributed by atoms with E-state index in [1.54, 1.807) is 13.0 Å². The molecule has 0 aromatic carbocycles. The standard InChI is InChI=1S/C12H16N2O4/c1-3-18-12(16)9-4-8(6-14-7-9)10(13)5-11(15)17-2/h4,6-7,10H,3,5,13H2,1-2H3/t10-/m1/s1. The van der Waals surface area contributed by atoms with Gasteiger partial charge in [-0.15, -0.1) is 0 Å². The van der Waals surface area contributed by atoms with Gasteiger partial charge in [0.25, 0.3) is 0 Å². The number of esters is 2. The summed E-state index contributed by atoms with van der Waals surface area (Å²) in [6, 6.07) is 1.01. The van der Waals surface area contributed by atoms with Gasteiger partial charge in [0.1, 0.15) is 0 Å². The summed E-state index contributed by atoms with van der Waals surface area (Å²) < 4.78 is 9.38. The molecule has 98 valence electrons. The first-order valence-corrected chi connectivity index (χ1v) is 5.53. The lowest BCUT2D eigenvalue weighted by atomic mass is 10.1. The molecule has 2 N–H and O–H groups in total. The summed E-state index contributed by atoms with van der Waals surface area (Å²) in [4.78, 5) is 26.5. The monoisotopic (exact) mass is 252 g/mol. The molecule has 0 unspecified atom stereocenters. The maximum absolute atomic E-state index is 11.5. The lowest BCUT2D eigenvalue weighted by Gasteiger charge is -2.11. The topological polar surface area (TPSA) is 91.5 Å². The van der Waals surface area contributed by atoms with Gasteiger partial charge in [-0.25, -0.2) is 4.79 Å². The Balaban J connectivity index is 2.81. The van der Waals surface area contributed by atoms with E-state index >= 15 is 0 Å². The van der Waals surface area contributed by atoms with Crippen LogP contribution in [0.3, 0.4) is 0 Å². The Labute approximate surface area is 105 Å². The summed E-state index contributed by atoms with van der Waals surface area (Å²) in [5, 5.41) is 0. The third-order valence-electron chi connectivity index (χ3n) is 2.31. The number of pyridine rings is 1. The largest absolute Gasteiger partial charge is 0.469 e. The maximum Gasteiger partial charge on any atom is 0.339 e. The molecule has 1 rings (SSSR count). The molecule has 0 spiro atoms. The van der Waals surface area contributed by atoms with E-state index in [0.717, 1.165) is 0 Å². The van der Waals surface area contributed by atoms with Crippen molar-refractivity contribution >= 4 is 11.9 Å². The number of aromatic nitrogens is 1. The molecule has 0 aliphatic rings. The van der Waals surface area contributed by atoms with E-state index in [9.17, 15) is 9.59 Å². The molecule has 6 heteroatoms. The van der Waals surface area contributed by atoms with Crippen molar-refractivity contribution in [2.75, 3.05) is 13.7 Å². The molecule has 1 aromatic heterocycles. The van der Waals surface area contributed by atoms with Crippen LogP contribution < -0.4 is 5.73 Å². The summed E-state index contributed by atoms with van der Waals surface area (Å²) >= 11 is 0. The minimum absolute atomic E-state index is 0.0322. The molecule has 0 aliphatic carbocycles. The highest BCUT2D eigenvalue weighted by molar-refractivity contribution is 5.89. The summed E-state index contributed by atoms with van der Waals surface area (Å²) in [5.41, 5.74) is 6.72. The van der Waals surface area contributed by atoms with E-state index in [4.69, 9.17) is 10.5 Å². The molecule has 0 fully saturated rings. The zero-order chi connectivity index (χ0) is 13.5.